The van der Waals surface area contributed by atoms with Crippen molar-refractivity contribution in [3.63, 3.8) is 0 Å². The maximum absolute atomic E-state index is 10.3. The average Bonchev–Trinajstić information content (AvgIpc) is 2.60. The van der Waals surface area contributed by atoms with Gasteiger partial charge in [0.15, 0.2) is 0 Å². The largest absolute Gasteiger partial charge is 0.507 e. The van der Waals surface area contributed by atoms with Crippen LogP contribution in [0.3, 0.4) is 0 Å². The number of aromatic hydroxyl groups is 1. The lowest BCUT2D eigenvalue weighted by Gasteiger charge is -2.11. The first-order chi connectivity index (χ1) is 11.7. The van der Waals surface area contributed by atoms with Gasteiger partial charge in [-0.05, 0) is 41.6 Å². The molecule has 0 aliphatic carbocycles. The Balaban J connectivity index is 1.99. The molecule has 24 heavy (non-hydrogen) atoms. The summed E-state index contributed by atoms with van der Waals surface area (Å²) in [5.41, 5.74) is 4.59. The molecule has 0 heterocycles. The zero-order chi connectivity index (χ0) is 16.9. The Morgan fingerprint density at radius 2 is 1.67 bits per heavy atom. The third-order valence-corrected chi connectivity index (χ3v) is 5.24. The molecular formula is C21H20NOP. The molecule has 0 amide bonds. The minimum Gasteiger partial charge on any atom is -0.507 e. The van der Waals surface area contributed by atoms with E-state index >= 15 is 0 Å². The summed E-state index contributed by atoms with van der Waals surface area (Å²) in [6.07, 6.45) is 1.88. The van der Waals surface area contributed by atoms with E-state index in [1.807, 2.05) is 30.5 Å². The van der Waals surface area contributed by atoms with Gasteiger partial charge < -0.3 is 5.11 Å². The lowest BCUT2D eigenvalue weighted by atomic mass is 10.1. The van der Waals surface area contributed by atoms with Crippen LogP contribution >= 0.6 is 8.58 Å². The minimum atomic E-state index is 0.341. The van der Waals surface area contributed by atoms with Crippen LogP contribution in [0.4, 0.5) is 0 Å². The Hall–Kier alpha value is -2.44. The molecule has 3 aromatic rings. The van der Waals surface area contributed by atoms with Crippen molar-refractivity contribution in [2.45, 2.75) is 6.92 Å². The van der Waals surface area contributed by atoms with Crippen molar-refractivity contribution < 1.29 is 5.11 Å². The summed E-state index contributed by atoms with van der Waals surface area (Å²) in [5, 5.41) is 12.4. The van der Waals surface area contributed by atoms with Crippen molar-refractivity contribution in [1.29, 1.82) is 0 Å². The van der Waals surface area contributed by atoms with Gasteiger partial charge in [0.25, 0.3) is 0 Å². The monoisotopic (exact) mass is 333 g/mol. The summed E-state index contributed by atoms with van der Waals surface area (Å²) in [7, 11) is 2.16. The van der Waals surface area contributed by atoms with Gasteiger partial charge in [0.1, 0.15) is 5.75 Å². The standard InChI is InChI=1S/C21H20NOP/c1-15-8-11-20(18(12-15)14-22-2)24-21-13-17(9-10-19(21)23)16-6-4-3-5-7-16/h3-14,23-24H,1-2H3. The molecule has 0 saturated heterocycles. The highest BCUT2D eigenvalue weighted by molar-refractivity contribution is 7.56. The number of aliphatic imine (C=N–C) groups is 1. The number of benzene rings is 3. The molecule has 0 aromatic heterocycles. The van der Waals surface area contributed by atoms with E-state index < -0.39 is 0 Å². The Morgan fingerprint density at radius 3 is 2.42 bits per heavy atom. The van der Waals surface area contributed by atoms with Crippen molar-refractivity contribution in [3.05, 3.63) is 77.9 Å². The molecule has 0 aliphatic rings. The van der Waals surface area contributed by atoms with Gasteiger partial charge in [-0.1, -0.05) is 62.7 Å². The number of aryl methyl sites for hydroxylation is 1. The molecule has 1 unspecified atom stereocenters. The van der Waals surface area contributed by atoms with Crippen LogP contribution in [0.15, 0.2) is 71.7 Å². The molecular weight excluding hydrogens is 313 g/mol. The predicted molar refractivity (Wildman–Crippen MR) is 106 cm³/mol. The summed E-state index contributed by atoms with van der Waals surface area (Å²) in [5.74, 6) is 0.341. The lowest BCUT2D eigenvalue weighted by Crippen LogP contribution is -2.10. The van der Waals surface area contributed by atoms with Crippen molar-refractivity contribution in [2.75, 3.05) is 7.05 Å². The maximum atomic E-state index is 10.3. The molecule has 120 valence electrons. The van der Waals surface area contributed by atoms with E-state index in [1.54, 1.807) is 13.1 Å². The van der Waals surface area contributed by atoms with Crippen LogP contribution < -0.4 is 10.6 Å². The Kier molecular flexibility index (Phi) is 5.08. The highest BCUT2D eigenvalue weighted by Crippen LogP contribution is 2.26. The Morgan fingerprint density at radius 1 is 0.875 bits per heavy atom. The molecule has 2 nitrogen and oxygen atoms in total. The fraction of sp³-hybridized carbons (Fsp3) is 0.0952. The van der Waals surface area contributed by atoms with Gasteiger partial charge in [0.05, 0.1) is 0 Å². The molecule has 3 heteroatoms. The van der Waals surface area contributed by atoms with Crippen molar-refractivity contribution in [3.8, 4) is 16.9 Å². The van der Waals surface area contributed by atoms with E-state index in [9.17, 15) is 5.11 Å². The fourth-order valence-electron chi connectivity index (χ4n) is 2.63. The number of nitrogens with zero attached hydrogens (tertiary/aromatic N) is 1. The molecule has 0 fully saturated rings. The summed E-state index contributed by atoms with van der Waals surface area (Å²) in [6, 6.07) is 22.4. The third-order valence-electron chi connectivity index (χ3n) is 3.85. The van der Waals surface area contributed by atoms with Crippen LogP contribution in [0.5, 0.6) is 5.75 Å². The highest BCUT2D eigenvalue weighted by Gasteiger charge is 2.08. The third kappa shape index (κ3) is 3.72. The van der Waals surface area contributed by atoms with Crippen LogP contribution in [0.1, 0.15) is 11.1 Å². The van der Waals surface area contributed by atoms with E-state index in [0.29, 0.717) is 14.3 Å². The topological polar surface area (TPSA) is 32.6 Å². The van der Waals surface area contributed by atoms with E-state index in [2.05, 4.69) is 48.3 Å². The first-order valence-electron chi connectivity index (χ1n) is 7.85. The molecule has 1 atom stereocenters. The normalized spacial score (nSPS) is 11.6. The zero-order valence-corrected chi connectivity index (χ0v) is 14.8. The van der Waals surface area contributed by atoms with E-state index in [-0.39, 0.29) is 0 Å². The molecule has 0 radical (unpaired) electrons. The zero-order valence-electron chi connectivity index (χ0n) is 13.8. The second-order valence-corrected chi connectivity index (χ2v) is 7.03. The van der Waals surface area contributed by atoms with Crippen LogP contribution in [0.25, 0.3) is 11.1 Å². The number of phenolic OH excluding ortho intramolecular Hbond substituents is 1. The van der Waals surface area contributed by atoms with Gasteiger partial charge in [-0.2, -0.15) is 0 Å². The summed E-state index contributed by atoms with van der Waals surface area (Å²) in [4.78, 5) is 4.15. The first kappa shape index (κ1) is 16.4. The van der Waals surface area contributed by atoms with E-state index in [0.717, 1.165) is 22.0 Å². The average molecular weight is 333 g/mol. The molecule has 0 saturated carbocycles. The van der Waals surface area contributed by atoms with Crippen molar-refractivity contribution in [2.24, 2.45) is 4.99 Å². The maximum Gasteiger partial charge on any atom is 0.123 e. The number of hydrogen-bond donors (Lipinski definition) is 1. The lowest BCUT2D eigenvalue weighted by molar-refractivity contribution is 0.480. The smallest absolute Gasteiger partial charge is 0.123 e. The van der Waals surface area contributed by atoms with Crippen LogP contribution in [-0.2, 0) is 0 Å². The van der Waals surface area contributed by atoms with Crippen LogP contribution in [0.2, 0.25) is 0 Å². The predicted octanol–water partition coefficient (Wildman–Crippen LogP) is 4.05. The van der Waals surface area contributed by atoms with Gasteiger partial charge in [0, 0.05) is 24.1 Å². The van der Waals surface area contributed by atoms with E-state index in [4.69, 9.17) is 0 Å². The number of hydrogen-bond acceptors (Lipinski definition) is 2. The van der Waals surface area contributed by atoms with Gasteiger partial charge in [-0.25, -0.2) is 0 Å². The van der Waals surface area contributed by atoms with Crippen molar-refractivity contribution >= 4 is 25.4 Å². The first-order valence-corrected chi connectivity index (χ1v) is 8.85. The summed E-state index contributed by atoms with van der Waals surface area (Å²) in [6.45, 7) is 2.08. The molecule has 1 N–H and O–H groups in total. The SMILES string of the molecule is CN=Cc1cc(C)ccc1Pc1cc(-c2ccccc2)ccc1O. The molecule has 0 aliphatic heterocycles. The van der Waals surface area contributed by atoms with E-state index in [1.165, 1.54) is 10.9 Å². The second kappa shape index (κ2) is 7.42. The Labute approximate surface area is 144 Å². The van der Waals surface area contributed by atoms with Crippen LogP contribution in [0, 0.1) is 6.92 Å². The van der Waals surface area contributed by atoms with Gasteiger partial charge in [-0.15, -0.1) is 0 Å². The minimum absolute atomic E-state index is 0.341. The van der Waals surface area contributed by atoms with Gasteiger partial charge in [-0.3, -0.25) is 4.99 Å². The number of phenols is 1. The summed E-state index contributed by atoms with van der Waals surface area (Å²) >= 11 is 0. The fourth-order valence-corrected chi connectivity index (χ4v) is 3.81. The summed E-state index contributed by atoms with van der Waals surface area (Å²) < 4.78 is 0. The quantitative estimate of drug-likeness (QED) is 0.567. The van der Waals surface area contributed by atoms with Crippen molar-refractivity contribution in [1.82, 2.24) is 0 Å². The molecule has 0 bridgehead atoms. The number of rotatable bonds is 4. The molecule has 3 aromatic carbocycles. The Bertz CT molecular complexity index is 872. The highest BCUT2D eigenvalue weighted by atomic mass is 31.1. The van der Waals surface area contributed by atoms with Crippen LogP contribution in [-0.4, -0.2) is 18.4 Å². The van der Waals surface area contributed by atoms with Gasteiger partial charge in [0.2, 0.25) is 0 Å². The van der Waals surface area contributed by atoms with Gasteiger partial charge >= 0.3 is 0 Å². The molecule has 3 rings (SSSR count). The second-order valence-electron chi connectivity index (χ2n) is 5.70. The molecule has 0 spiro atoms.